The number of nitrogen functional groups attached to an aromatic ring is 1. The normalized spacial score (nSPS) is 12.1. The fourth-order valence-corrected chi connectivity index (χ4v) is 3.51. The van der Waals surface area contributed by atoms with Crippen molar-refractivity contribution < 1.29 is 9.90 Å². The number of aliphatic hydroxyl groups excluding tert-OH is 1. The summed E-state index contributed by atoms with van der Waals surface area (Å²) in [6.45, 7) is 15.6. The van der Waals surface area contributed by atoms with Crippen LogP contribution >= 0.6 is 0 Å². The molecule has 0 aliphatic rings. The predicted molar refractivity (Wildman–Crippen MR) is 126 cm³/mol. The van der Waals surface area contributed by atoms with Gasteiger partial charge in [0.2, 0.25) is 0 Å². The maximum Gasteiger partial charge on any atom is 0.252 e. The zero-order valence-corrected chi connectivity index (χ0v) is 18.8. The Kier molecular flexibility index (Phi) is 6.61. The Labute approximate surface area is 187 Å². The zero-order chi connectivity index (χ0) is 23.5. The number of aromatic nitrogens is 3. The Morgan fingerprint density at radius 2 is 1.97 bits per heavy atom. The van der Waals surface area contributed by atoms with Gasteiger partial charge in [0.25, 0.3) is 11.6 Å². The first-order chi connectivity index (χ1) is 15.2. The summed E-state index contributed by atoms with van der Waals surface area (Å²) in [6, 6.07) is 7.91. The van der Waals surface area contributed by atoms with Crippen LogP contribution in [0.2, 0.25) is 0 Å². The molecule has 8 nitrogen and oxygen atoms in total. The number of aryl methyl sites for hydroxylation is 2. The van der Waals surface area contributed by atoms with Gasteiger partial charge in [0.05, 0.1) is 12.0 Å². The first kappa shape index (κ1) is 23.0. The number of nitrogens with one attached hydrogen (secondary N) is 1. The molecule has 0 fully saturated rings. The van der Waals surface area contributed by atoms with Gasteiger partial charge in [0.15, 0.2) is 0 Å². The van der Waals surface area contributed by atoms with E-state index in [0.29, 0.717) is 35.5 Å². The Morgan fingerprint density at radius 3 is 2.56 bits per heavy atom. The van der Waals surface area contributed by atoms with Gasteiger partial charge in [0, 0.05) is 29.9 Å². The Morgan fingerprint density at radius 1 is 1.28 bits per heavy atom. The molecular formula is C24H28N6O2. The minimum atomic E-state index is -0.486. The van der Waals surface area contributed by atoms with Crippen LogP contribution in [0.25, 0.3) is 33.1 Å². The number of carbonyl (C=O) groups is 1. The molecule has 0 unspecified atom stereocenters. The lowest BCUT2D eigenvalue weighted by atomic mass is 10.0. The van der Waals surface area contributed by atoms with E-state index in [4.69, 9.17) is 12.3 Å². The van der Waals surface area contributed by atoms with Gasteiger partial charge in [0.1, 0.15) is 17.8 Å². The Bertz CT molecular complexity index is 1210. The van der Waals surface area contributed by atoms with E-state index < -0.39 is 11.4 Å². The van der Waals surface area contributed by atoms with E-state index in [9.17, 15) is 9.90 Å². The predicted octanol–water partition coefficient (Wildman–Crippen LogP) is 3.55. The summed E-state index contributed by atoms with van der Waals surface area (Å²) in [5, 5.41) is 12.9. The van der Waals surface area contributed by atoms with Crippen molar-refractivity contribution in [2.24, 2.45) is 0 Å². The average molecular weight is 433 g/mol. The molecule has 166 valence electrons. The number of amides is 1. The smallest absolute Gasteiger partial charge is 0.252 e. The van der Waals surface area contributed by atoms with Gasteiger partial charge in [-0.15, -0.1) is 0 Å². The molecule has 1 amide bonds. The van der Waals surface area contributed by atoms with Crippen LogP contribution < -0.4 is 11.1 Å². The van der Waals surface area contributed by atoms with Gasteiger partial charge in [-0.1, -0.05) is 29.8 Å². The highest BCUT2D eigenvalue weighted by molar-refractivity contribution is 6.07. The number of carbonyl (C=O) groups excluding carboxylic acids is 1. The molecule has 4 N–H and O–H groups in total. The summed E-state index contributed by atoms with van der Waals surface area (Å²) in [5.41, 5.74) is 9.67. The fraction of sp³-hybridized carbons (Fsp3) is 0.333. The van der Waals surface area contributed by atoms with Gasteiger partial charge in [-0.05, 0) is 45.8 Å². The van der Waals surface area contributed by atoms with Crippen molar-refractivity contribution in [3.8, 4) is 11.1 Å². The standard InChI is InChI=1S/C24H28N6O2/c1-15-7-9-16(10-8-15)19-18(13-17(26-5)23(32)29-24(2,3)4)30(11-6-12-31)22-20(19)21(25)27-14-28-22/h7-10,13-14,31H,6,11-12H2,1-4H3,(H,29,32)(H2,25,27,28)/b17-13-. The number of aliphatic hydroxyl groups is 1. The van der Waals surface area contributed by atoms with E-state index in [2.05, 4.69) is 20.1 Å². The third-order valence-electron chi connectivity index (χ3n) is 4.90. The summed E-state index contributed by atoms with van der Waals surface area (Å²) in [7, 11) is 0. The number of benzene rings is 1. The Hall–Kier alpha value is -3.70. The lowest BCUT2D eigenvalue weighted by Gasteiger charge is -2.20. The average Bonchev–Trinajstić information content (AvgIpc) is 3.04. The minimum Gasteiger partial charge on any atom is -0.396 e. The third-order valence-corrected chi connectivity index (χ3v) is 4.90. The SMILES string of the molecule is [C-]#[N+]/C(=C\c1c(-c2ccc(C)cc2)c2c(N)ncnc2n1CCCO)C(=O)NC(C)(C)C. The van der Waals surface area contributed by atoms with E-state index >= 15 is 0 Å². The second-order valence-electron chi connectivity index (χ2n) is 8.66. The Balaban J connectivity index is 2.35. The molecule has 32 heavy (non-hydrogen) atoms. The lowest BCUT2D eigenvalue weighted by Crippen LogP contribution is -2.40. The van der Waals surface area contributed by atoms with Crippen molar-refractivity contribution in [1.82, 2.24) is 19.9 Å². The van der Waals surface area contributed by atoms with Gasteiger partial charge < -0.3 is 20.7 Å². The number of rotatable bonds is 6. The number of hydrogen-bond donors (Lipinski definition) is 3. The van der Waals surface area contributed by atoms with E-state index in [1.165, 1.54) is 6.33 Å². The number of nitrogens with zero attached hydrogens (tertiary/aromatic N) is 4. The van der Waals surface area contributed by atoms with E-state index in [1.807, 2.05) is 56.5 Å². The molecule has 0 saturated heterocycles. The van der Waals surface area contributed by atoms with Crippen LogP contribution in [0, 0.1) is 13.5 Å². The van der Waals surface area contributed by atoms with Crippen molar-refractivity contribution in [2.45, 2.75) is 46.2 Å². The number of nitrogens with two attached hydrogens (primary N) is 1. The summed E-state index contributed by atoms with van der Waals surface area (Å²) >= 11 is 0. The fourth-order valence-electron chi connectivity index (χ4n) is 3.51. The zero-order valence-electron chi connectivity index (χ0n) is 18.8. The molecule has 0 radical (unpaired) electrons. The summed E-state index contributed by atoms with van der Waals surface area (Å²) in [4.78, 5) is 24.9. The van der Waals surface area contributed by atoms with Crippen LogP contribution in [0.3, 0.4) is 0 Å². The molecule has 3 rings (SSSR count). The highest BCUT2D eigenvalue weighted by Crippen LogP contribution is 2.38. The third kappa shape index (κ3) is 4.79. The molecule has 0 atom stereocenters. The summed E-state index contributed by atoms with van der Waals surface area (Å²) < 4.78 is 1.88. The first-order valence-electron chi connectivity index (χ1n) is 10.4. The molecule has 3 aromatic rings. The van der Waals surface area contributed by atoms with Crippen LogP contribution in [0.4, 0.5) is 5.82 Å². The molecular weight excluding hydrogens is 404 g/mol. The monoisotopic (exact) mass is 432 g/mol. The van der Waals surface area contributed by atoms with Gasteiger partial charge in [-0.3, -0.25) is 4.79 Å². The first-order valence-corrected chi connectivity index (χ1v) is 10.4. The van der Waals surface area contributed by atoms with Crippen molar-refractivity contribution in [2.75, 3.05) is 12.3 Å². The van der Waals surface area contributed by atoms with E-state index in [-0.39, 0.29) is 12.3 Å². The molecule has 0 saturated carbocycles. The van der Waals surface area contributed by atoms with Gasteiger partial charge >= 0.3 is 0 Å². The van der Waals surface area contributed by atoms with E-state index in [1.54, 1.807) is 6.08 Å². The van der Waals surface area contributed by atoms with Gasteiger partial charge in [-0.25, -0.2) is 14.8 Å². The van der Waals surface area contributed by atoms with Crippen LogP contribution in [-0.2, 0) is 11.3 Å². The van der Waals surface area contributed by atoms with Crippen LogP contribution in [0.1, 0.15) is 38.4 Å². The number of hydrogen-bond acceptors (Lipinski definition) is 5. The second-order valence-corrected chi connectivity index (χ2v) is 8.66. The van der Waals surface area contributed by atoms with Crippen molar-refractivity contribution in [3.63, 3.8) is 0 Å². The van der Waals surface area contributed by atoms with Crippen LogP contribution in [0.5, 0.6) is 0 Å². The maximum atomic E-state index is 12.8. The highest BCUT2D eigenvalue weighted by atomic mass is 16.3. The summed E-state index contributed by atoms with van der Waals surface area (Å²) in [6.07, 6.45) is 3.44. The quantitative estimate of drug-likeness (QED) is 0.408. The van der Waals surface area contributed by atoms with Gasteiger partial charge in [-0.2, -0.15) is 0 Å². The molecule has 0 aliphatic heterocycles. The molecule has 0 spiro atoms. The molecule has 0 bridgehead atoms. The maximum absolute atomic E-state index is 12.8. The molecule has 1 aromatic carbocycles. The highest BCUT2D eigenvalue weighted by Gasteiger charge is 2.24. The molecule has 8 heteroatoms. The molecule has 2 heterocycles. The molecule has 0 aliphatic carbocycles. The van der Waals surface area contributed by atoms with Crippen LogP contribution in [0.15, 0.2) is 36.3 Å². The lowest BCUT2D eigenvalue weighted by molar-refractivity contribution is -0.118. The van der Waals surface area contributed by atoms with Crippen LogP contribution in [-0.4, -0.2) is 37.7 Å². The van der Waals surface area contributed by atoms with E-state index in [0.717, 1.165) is 16.7 Å². The second kappa shape index (κ2) is 9.20. The van der Waals surface area contributed by atoms with Crippen molar-refractivity contribution in [3.05, 3.63) is 59.0 Å². The van der Waals surface area contributed by atoms with Crippen molar-refractivity contribution >= 4 is 28.8 Å². The van der Waals surface area contributed by atoms with Crippen molar-refractivity contribution in [1.29, 1.82) is 0 Å². The number of anilines is 1. The topological polar surface area (TPSA) is 110 Å². The molecule has 2 aromatic heterocycles. The largest absolute Gasteiger partial charge is 0.396 e. The minimum absolute atomic E-state index is 0.0105. The number of fused-ring (bicyclic) bond motifs is 1. The summed E-state index contributed by atoms with van der Waals surface area (Å²) in [5.74, 6) is -0.146.